The van der Waals surface area contributed by atoms with Crippen molar-refractivity contribution in [1.82, 2.24) is 0 Å². The molecule has 0 aliphatic carbocycles. The van der Waals surface area contributed by atoms with Crippen LogP contribution in [0.4, 0.5) is 0 Å². The molecule has 58 valence electrons. The van der Waals surface area contributed by atoms with Crippen LogP contribution in [-0.2, 0) is 0 Å². The number of hydrogen-bond donors (Lipinski definition) is 0. The Morgan fingerprint density at radius 3 is 1.90 bits per heavy atom. The van der Waals surface area contributed by atoms with Gasteiger partial charge in [0.15, 0.2) is 0 Å². The molecule has 1 aromatic rings. The molecule has 0 radical (unpaired) electrons. The number of alkyl halides is 2. The second kappa shape index (κ2) is 4.54. The maximum absolute atomic E-state index is 2.38. The van der Waals surface area contributed by atoms with Crippen molar-refractivity contribution in [3.63, 3.8) is 0 Å². The van der Waals surface area contributed by atoms with Crippen LogP contribution in [0.15, 0.2) is 24.3 Å². The van der Waals surface area contributed by atoms with Gasteiger partial charge in [0.25, 0.3) is 0 Å². The first-order valence-electron chi connectivity index (χ1n) is 2.96. The van der Waals surface area contributed by atoms with Gasteiger partial charge in [0.1, 0.15) is 0 Å². The summed E-state index contributed by atoms with van der Waals surface area (Å²) in [5.74, 6) is 0. The molecule has 1 rings (SSSR count). The summed E-state index contributed by atoms with van der Waals surface area (Å²) in [6, 6.07) is 9.06. The van der Waals surface area contributed by atoms with E-state index in [0.717, 1.165) is 0 Å². The first kappa shape index (κ1) is 8.77. The van der Waals surface area contributed by atoms with E-state index in [0.29, 0.717) is 42.4 Å². The summed E-state index contributed by atoms with van der Waals surface area (Å²) in [5.41, 5.74) is 0. The van der Waals surface area contributed by atoms with Crippen molar-refractivity contribution in [2.45, 2.75) is 0 Å². The fraction of sp³-hybridized carbons (Fsp3) is 0.250. The quantitative estimate of drug-likeness (QED) is 0.369. The van der Waals surface area contributed by atoms with Gasteiger partial charge >= 0.3 is 83.7 Å². The summed E-state index contributed by atoms with van der Waals surface area (Å²) < 4.78 is 3.16. The minimum absolute atomic E-state index is 0.304. The molecule has 0 N–H and O–H groups in total. The molecule has 0 bridgehead atoms. The van der Waals surface area contributed by atoms with Crippen LogP contribution in [0.25, 0.3) is 0 Å². The van der Waals surface area contributed by atoms with Crippen molar-refractivity contribution in [1.29, 1.82) is 0 Å². The second-order valence-corrected chi connectivity index (χ2v) is 6.47. The average Bonchev–Trinajstić information content (AvgIpc) is 2.05. The van der Waals surface area contributed by atoms with Gasteiger partial charge in [-0.15, -0.1) is 0 Å². The predicted octanol–water partition coefficient (Wildman–Crippen LogP) is -4.54. The molecule has 0 spiro atoms. The van der Waals surface area contributed by atoms with Crippen molar-refractivity contribution < 1.29 is 42.4 Å². The molecule has 0 aliphatic rings. The Kier molecular flexibility index (Phi) is 3.98. The van der Waals surface area contributed by atoms with E-state index in [9.17, 15) is 0 Å². The van der Waals surface area contributed by atoms with Crippen molar-refractivity contribution in [2.24, 2.45) is 0 Å². The van der Waals surface area contributed by atoms with Crippen LogP contribution in [0.2, 0.25) is 0 Å². The average molecular weight is 360 g/mol. The maximum atomic E-state index is 2.38. The fourth-order valence-electron chi connectivity index (χ4n) is 0.695. The van der Waals surface area contributed by atoms with Crippen molar-refractivity contribution >= 4 is 0 Å². The van der Waals surface area contributed by atoms with Crippen molar-refractivity contribution in [3.8, 4) is 0 Å². The van der Waals surface area contributed by atoms with E-state index in [4.69, 9.17) is 0 Å². The summed E-state index contributed by atoms with van der Waals surface area (Å²) in [7, 11) is 0. The first-order valence-corrected chi connectivity index (χ1v) is 9.43. The number of hydrogen-bond acceptors (Lipinski definition) is 0. The zero-order valence-corrected chi connectivity index (χ0v) is 10.4. The number of benzene rings is 1. The molecule has 1 aromatic carbocycles. The van der Waals surface area contributed by atoms with Crippen molar-refractivity contribution in [3.05, 3.63) is 31.4 Å². The standard InChI is InChI=1S/C8H10I2/c1-9-7-4-3-5-8(6-7)10-2/h3-6H,1-2H3/q-2. The van der Waals surface area contributed by atoms with Gasteiger partial charge in [0, 0.05) is 0 Å². The summed E-state index contributed by atoms with van der Waals surface area (Å²) in [6.45, 7) is 0. The zero-order valence-electron chi connectivity index (χ0n) is 6.07. The van der Waals surface area contributed by atoms with Gasteiger partial charge in [0.05, 0.1) is 0 Å². The number of rotatable bonds is 2. The monoisotopic (exact) mass is 360 g/mol. The molecule has 0 atom stereocenters. The van der Waals surface area contributed by atoms with Gasteiger partial charge in [-0.25, -0.2) is 0 Å². The summed E-state index contributed by atoms with van der Waals surface area (Å²) in [5, 5.41) is 0. The molecule has 0 saturated heterocycles. The molecular weight excluding hydrogens is 350 g/mol. The van der Waals surface area contributed by atoms with Crippen LogP contribution in [0.3, 0.4) is 0 Å². The second-order valence-electron chi connectivity index (χ2n) is 1.82. The molecule has 0 nitrogen and oxygen atoms in total. The van der Waals surface area contributed by atoms with E-state index in [-0.39, 0.29) is 0 Å². The summed E-state index contributed by atoms with van der Waals surface area (Å²) in [4.78, 5) is 4.62. The Hall–Kier alpha value is 0.680. The molecular formula is C8H10I2-2. The molecule has 0 heterocycles. The van der Waals surface area contributed by atoms with E-state index in [2.05, 4.69) is 34.1 Å². The van der Waals surface area contributed by atoms with Gasteiger partial charge in [-0.05, 0) is 0 Å². The molecule has 0 unspecified atom stereocenters. The van der Waals surface area contributed by atoms with E-state index in [1.54, 1.807) is 7.14 Å². The molecule has 2 heteroatoms. The minimum atomic E-state index is 0.304. The SMILES string of the molecule is C[I-]c1cccc([I-]C)c1. The van der Waals surface area contributed by atoms with Gasteiger partial charge in [-0.1, -0.05) is 0 Å². The van der Waals surface area contributed by atoms with Gasteiger partial charge in [0.2, 0.25) is 0 Å². The molecule has 0 fully saturated rings. The van der Waals surface area contributed by atoms with Crippen LogP contribution >= 0.6 is 0 Å². The first-order chi connectivity index (χ1) is 4.86. The fourth-order valence-corrected chi connectivity index (χ4v) is 3.72. The third-order valence-electron chi connectivity index (χ3n) is 1.22. The van der Waals surface area contributed by atoms with Gasteiger partial charge < -0.3 is 0 Å². The van der Waals surface area contributed by atoms with Crippen molar-refractivity contribution in [2.75, 3.05) is 9.86 Å². The van der Waals surface area contributed by atoms with Gasteiger partial charge in [-0.2, -0.15) is 0 Å². The molecule has 0 aliphatic heterocycles. The molecule has 0 amide bonds. The third-order valence-corrected chi connectivity index (χ3v) is 5.06. The Bertz CT molecular complexity index is 189. The Balaban J connectivity index is 2.87. The van der Waals surface area contributed by atoms with E-state index in [1.807, 2.05) is 0 Å². The molecule has 10 heavy (non-hydrogen) atoms. The number of halogens is 2. The predicted molar refractivity (Wildman–Crippen MR) is 35.7 cm³/mol. The van der Waals surface area contributed by atoms with E-state index < -0.39 is 0 Å². The summed E-state index contributed by atoms with van der Waals surface area (Å²) in [6.07, 6.45) is 0. The topological polar surface area (TPSA) is 0 Å². The van der Waals surface area contributed by atoms with Crippen LogP contribution in [0, 0.1) is 7.14 Å². The van der Waals surface area contributed by atoms with Gasteiger partial charge in [-0.3, -0.25) is 0 Å². The molecule has 0 aromatic heterocycles. The zero-order chi connectivity index (χ0) is 7.40. The van der Waals surface area contributed by atoms with E-state index in [1.165, 1.54) is 0 Å². The Morgan fingerprint density at radius 1 is 1.00 bits per heavy atom. The van der Waals surface area contributed by atoms with Crippen LogP contribution in [0.5, 0.6) is 0 Å². The Morgan fingerprint density at radius 2 is 1.50 bits per heavy atom. The summed E-state index contributed by atoms with van der Waals surface area (Å²) >= 11 is 0.608. The van der Waals surface area contributed by atoms with Crippen LogP contribution in [-0.4, -0.2) is 9.86 Å². The Labute approximate surface area is 82.9 Å². The van der Waals surface area contributed by atoms with E-state index >= 15 is 0 Å². The normalized spacial score (nSPS) is 10.6. The third kappa shape index (κ3) is 2.38. The van der Waals surface area contributed by atoms with Crippen LogP contribution < -0.4 is 42.4 Å². The van der Waals surface area contributed by atoms with Crippen LogP contribution in [0.1, 0.15) is 0 Å². The molecule has 0 saturated carbocycles.